The minimum atomic E-state index is -0.0438. The number of pyridine rings is 1. The largest absolute Gasteiger partial charge is 0.467 e. The van der Waals surface area contributed by atoms with Gasteiger partial charge in [0.05, 0.1) is 18.8 Å². The van der Waals surface area contributed by atoms with E-state index in [1.165, 1.54) is 7.11 Å². The number of hydrogen-bond acceptors (Lipinski definition) is 7. The molecule has 0 fully saturated rings. The third kappa shape index (κ3) is 2.82. The zero-order valence-corrected chi connectivity index (χ0v) is 10.2. The zero-order chi connectivity index (χ0) is 13.0. The molecular weight excluding hydrogens is 232 g/mol. The van der Waals surface area contributed by atoms with Crippen molar-refractivity contribution in [2.45, 2.75) is 13.0 Å². The maximum absolute atomic E-state index is 5.55. The predicted molar refractivity (Wildman–Crippen MR) is 67.1 cm³/mol. The van der Waals surface area contributed by atoms with Crippen molar-refractivity contribution >= 4 is 11.9 Å². The predicted octanol–water partition coefficient (Wildman–Crippen LogP) is 1.03. The van der Waals surface area contributed by atoms with E-state index in [0.29, 0.717) is 5.95 Å². The molecule has 1 unspecified atom stereocenters. The summed E-state index contributed by atoms with van der Waals surface area (Å²) in [5, 5.41) is 3.09. The highest BCUT2D eigenvalue weighted by Crippen LogP contribution is 2.16. The van der Waals surface area contributed by atoms with Crippen LogP contribution in [-0.4, -0.2) is 27.0 Å². The molecule has 0 aliphatic heterocycles. The molecule has 2 aromatic rings. The number of nitrogens with zero attached hydrogens (tertiary/aromatic N) is 4. The zero-order valence-electron chi connectivity index (χ0n) is 10.2. The van der Waals surface area contributed by atoms with Crippen molar-refractivity contribution < 1.29 is 4.74 Å². The van der Waals surface area contributed by atoms with Crippen LogP contribution in [0.15, 0.2) is 24.4 Å². The van der Waals surface area contributed by atoms with Crippen LogP contribution in [-0.2, 0) is 0 Å². The Morgan fingerprint density at radius 1 is 1.28 bits per heavy atom. The van der Waals surface area contributed by atoms with Gasteiger partial charge in [0, 0.05) is 6.20 Å². The molecule has 0 spiro atoms. The summed E-state index contributed by atoms with van der Waals surface area (Å²) in [6.45, 7) is 1.95. The highest BCUT2D eigenvalue weighted by Gasteiger charge is 2.10. The molecule has 2 aromatic heterocycles. The first-order valence-electron chi connectivity index (χ1n) is 5.42. The molecule has 0 saturated carbocycles. The maximum Gasteiger partial charge on any atom is 0.322 e. The molecule has 7 heteroatoms. The monoisotopic (exact) mass is 246 g/mol. The molecule has 2 heterocycles. The van der Waals surface area contributed by atoms with Gasteiger partial charge in [0.1, 0.15) is 0 Å². The molecule has 1 atom stereocenters. The van der Waals surface area contributed by atoms with E-state index in [1.807, 2.05) is 25.1 Å². The first-order chi connectivity index (χ1) is 8.69. The molecule has 2 rings (SSSR count). The van der Waals surface area contributed by atoms with Crippen LogP contribution in [0, 0.1) is 0 Å². The van der Waals surface area contributed by atoms with Crippen LogP contribution < -0.4 is 15.8 Å². The fourth-order valence-electron chi connectivity index (χ4n) is 1.43. The van der Waals surface area contributed by atoms with Crippen molar-refractivity contribution in [1.82, 2.24) is 19.9 Å². The summed E-state index contributed by atoms with van der Waals surface area (Å²) < 4.78 is 4.93. The van der Waals surface area contributed by atoms with Gasteiger partial charge in [-0.1, -0.05) is 6.07 Å². The van der Waals surface area contributed by atoms with Gasteiger partial charge in [0.15, 0.2) is 0 Å². The lowest BCUT2D eigenvalue weighted by Gasteiger charge is -2.13. The van der Waals surface area contributed by atoms with Crippen molar-refractivity contribution in [3.05, 3.63) is 30.1 Å². The second-order valence-corrected chi connectivity index (χ2v) is 3.62. The number of methoxy groups -OCH3 is 1. The summed E-state index contributed by atoms with van der Waals surface area (Å²) >= 11 is 0. The number of hydrogen-bond donors (Lipinski definition) is 2. The smallest absolute Gasteiger partial charge is 0.322 e. The number of nitrogens with one attached hydrogen (secondary N) is 1. The number of aromatic nitrogens is 4. The molecule has 0 bridgehead atoms. The minimum Gasteiger partial charge on any atom is -0.467 e. The lowest BCUT2D eigenvalue weighted by atomic mass is 10.2. The van der Waals surface area contributed by atoms with Gasteiger partial charge in [-0.15, -0.1) is 0 Å². The van der Waals surface area contributed by atoms with Crippen LogP contribution in [0.25, 0.3) is 0 Å². The molecule has 0 saturated heterocycles. The Bertz CT molecular complexity index is 518. The third-order valence-corrected chi connectivity index (χ3v) is 2.29. The van der Waals surface area contributed by atoms with Crippen molar-refractivity contribution in [3.63, 3.8) is 0 Å². The molecule has 0 aliphatic carbocycles. The molecule has 7 nitrogen and oxygen atoms in total. The number of ether oxygens (including phenoxy) is 1. The Morgan fingerprint density at radius 2 is 2.11 bits per heavy atom. The quantitative estimate of drug-likeness (QED) is 0.831. The van der Waals surface area contributed by atoms with Gasteiger partial charge in [0.2, 0.25) is 11.9 Å². The Hall–Kier alpha value is -2.44. The summed E-state index contributed by atoms with van der Waals surface area (Å²) in [6, 6.07) is 5.83. The topological polar surface area (TPSA) is 98.8 Å². The van der Waals surface area contributed by atoms with Crippen LogP contribution in [0.1, 0.15) is 18.7 Å². The fourth-order valence-corrected chi connectivity index (χ4v) is 1.43. The van der Waals surface area contributed by atoms with E-state index in [-0.39, 0.29) is 18.0 Å². The van der Waals surface area contributed by atoms with Crippen molar-refractivity contribution in [2.75, 3.05) is 18.2 Å². The van der Waals surface area contributed by atoms with Crippen LogP contribution in [0.3, 0.4) is 0 Å². The number of anilines is 2. The lowest BCUT2D eigenvalue weighted by molar-refractivity contribution is 0.379. The van der Waals surface area contributed by atoms with Gasteiger partial charge in [-0.05, 0) is 19.1 Å². The first-order valence-corrected chi connectivity index (χ1v) is 5.42. The average Bonchev–Trinajstić information content (AvgIpc) is 2.39. The summed E-state index contributed by atoms with van der Waals surface area (Å²) in [6.07, 6.45) is 1.73. The van der Waals surface area contributed by atoms with Crippen LogP contribution >= 0.6 is 0 Å². The van der Waals surface area contributed by atoms with Gasteiger partial charge in [-0.2, -0.15) is 15.0 Å². The van der Waals surface area contributed by atoms with E-state index in [0.717, 1.165) is 5.69 Å². The van der Waals surface area contributed by atoms with Crippen molar-refractivity contribution in [3.8, 4) is 6.01 Å². The van der Waals surface area contributed by atoms with E-state index < -0.39 is 0 Å². The second-order valence-electron chi connectivity index (χ2n) is 3.62. The number of rotatable bonds is 4. The van der Waals surface area contributed by atoms with Gasteiger partial charge >= 0.3 is 6.01 Å². The van der Waals surface area contributed by atoms with Crippen LogP contribution in [0.5, 0.6) is 6.01 Å². The SMILES string of the molecule is COc1nc(N)nc(NC(C)c2ccccn2)n1. The molecule has 0 aromatic carbocycles. The van der Waals surface area contributed by atoms with E-state index in [9.17, 15) is 0 Å². The lowest BCUT2D eigenvalue weighted by Crippen LogP contribution is -2.12. The van der Waals surface area contributed by atoms with E-state index >= 15 is 0 Å². The average molecular weight is 246 g/mol. The highest BCUT2D eigenvalue weighted by atomic mass is 16.5. The van der Waals surface area contributed by atoms with Gasteiger partial charge < -0.3 is 15.8 Å². The summed E-state index contributed by atoms with van der Waals surface area (Å²) in [7, 11) is 1.47. The molecule has 3 N–H and O–H groups in total. The molecular formula is C11H14N6O. The summed E-state index contributed by atoms with van der Waals surface area (Å²) in [5.41, 5.74) is 6.44. The third-order valence-electron chi connectivity index (χ3n) is 2.29. The van der Waals surface area contributed by atoms with Crippen molar-refractivity contribution in [1.29, 1.82) is 0 Å². The van der Waals surface area contributed by atoms with Gasteiger partial charge in [0.25, 0.3) is 0 Å². The van der Waals surface area contributed by atoms with Gasteiger partial charge in [-0.3, -0.25) is 4.98 Å². The Morgan fingerprint density at radius 3 is 2.78 bits per heavy atom. The van der Waals surface area contributed by atoms with Crippen LogP contribution in [0.2, 0.25) is 0 Å². The molecule has 0 amide bonds. The fraction of sp³-hybridized carbons (Fsp3) is 0.273. The van der Waals surface area contributed by atoms with E-state index in [2.05, 4.69) is 25.3 Å². The Labute approximate surface area is 104 Å². The Kier molecular flexibility index (Phi) is 3.52. The van der Waals surface area contributed by atoms with E-state index in [4.69, 9.17) is 10.5 Å². The minimum absolute atomic E-state index is 0.0438. The molecule has 18 heavy (non-hydrogen) atoms. The molecule has 0 aliphatic rings. The molecule has 0 radical (unpaired) electrons. The van der Waals surface area contributed by atoms with Gasteiger partial charge in [-0.25, -0.2) is 0 Å². The summed E-state index contributed by atoms with van der Waals surface area (Å²) in [5.74, 6) is 0.468. The Balaban J connectivity index is 2.16. The van der Waals surface area contributed by atoms with Crippen molar-refractivity contribution in [2.24, 2.45) is 0 Å². The standard InChI is InChI=1S/C11H14N6O/c1-7(8-5-3-4-6-13-8)14-10-15-9(12)16-11(17-10)18-2/h3-7H,1-2H3,(H3,12,14,15,16,17). The molecule has 94 valence electrons. The number of nitrogens with two attached hydrogens (primary N) is 1. The second kappa shape index (κ2) is 5.26. The number of nitrogen functional groups attached to an aromatic ring is 1. The maximum atomic E-state index is 5.55. The van der Waals surface area contributed by atoms with E-state index in [1.54, 1.807) is 6.20 Å². The highest BCUT2D eigenvalue weighted by molar-refractivity contribution is 5.34. The normalized spacial score (nSPS) is 11.9. The van der Waals surface area contributed by atoms with Crippen LogP contribution in [0.4, 0.5) is 11.9 Å². The summed E-state index contributed by atoms with van der Waals surface area (Å²) in [4.78, 5) is 16.1. The first kappa shape index (κ1) is 12.0.